The summed E-state index contributed by atoms with van der Waals surface area (Å²) >= 11 is 0. The molecule has 2 aromatic carbocycles. The summed E-state index contributed by atoms with van der Waals surface area (Å²) in [7, 11) is 0. The molecule has 2 saturated heterocycles. The van der Waals surface area contributed by atoms with Crippen LogP contribution in [-0.4, -0.2) is 42.9 Å². The van der Waals surface area contributed by atoms with Gasteiger partial charge in [0, 0.05) is 37.6 Å². The van der Waals surface area contributed by atoms with E-state index in [2.05, 4.69) is 17.1 Å². The monoisotopic (exact) mass is 405 g/mol. The standard InChI is InChI=1S/C25H31N3O2/c1-19-11-15-27(16-12-19)23-10-9-21(18-22(23)25(30)28-13-5-6-14-28)26-24(29)17-20-7-3-2-4-8-20/h2-4,7-10,18-19H,5-6,11-17H2,1H3,(H,26,29). The predicted octanol–water partition coefficient (Wildman–Crippen LogP) is 4.34. The first-order valence-corrected chi connectivity index (χ1v) is 11.1. The van der Waals surface area contributed by atoms with Gasteiger partial charge in [-0.3, -0.25) is 9.59 Å². The molecule has 4 rings (SSSR count). The molecule has 5 heteroatoms. The number of carbonyl (C=O) groups excluding carboxylic acids is 2. The Morgan fingerprint density at radius 3 is 2.37 bits per heavy atom. The third-order valence-electron chi connectivity index (χ3n) is 6.24. The summed E-state index contributed by atoms with van der Waals surface area (Å²) in [5.41, 5.74) is 3.37. The van der Waals surface area contributed by atoms with Crippen LogP contribution in [0.1, 0.15) is 48.5 Å². The van der Waals surface area contributed by atoms with Crippen molar-refractivity contribution in [2.75, 3.05) is 36.4 Å². The molecule has 2 amide bonds. The summed E-state index contributed by atoms with van der Waals surface area (Å²) < 4.78 is 0. The highest BCUT2D eigenvalue weighted by atomic mass is 16.2. The molecule has 2 aromatic rings. The van der Waals surface area contributed by atoms with E-state index in [9.17, 15) is 9.59 Å². The van der Waals surface area contributed by atoms with Crippen molar-refractivity contribution in [1.29, 1.82) is 0 Å². The molecule has 2 aliphatic heterocycles. The molecule has 2 aliphatic rings. The number of anilines is 2. The SMILES string of the molecule is CC1CCN(c2ccc(NC(=O)Cc3ccccc3)cc2C(=O)N2CCCC2)CC1. The lowest BCUT2D eigenvalue weighted by atomic mass is 9.97. The van der Waals surface area contributed by atoms with Crippen molar-refractivity contribution in [3.63, 3.8) is 0 Å². The van der Waals surface area contributed by atoms with Crippen LogP contribution in [0.25, 0.3) is 0 Å². The van der Waals surface area contributed by atoms with Crippen molar-refractivity contribution < 1.29 is 9.59 Å². The van der Waals surface area contributed by atoms with Gasteiger partial charge in [0.1, 0.15) is 0 Å². The Morgan fingerprint density at radius 2 is 1.67 bits per heavy atom. The fraction of sp³-hybridized carbons (Fsp3) is 0.440. The van der Waals surface area contributed by atoms with Crippen LogP contribution in [-0.2, 0) is 11.2 Å². The van der Waals surface area contributed by atoms with Gasteiger partial charge in [-0.25, -0.2) is 0 Å². The maximum atomic E-state index is 13.3. The summed E-state index contributed by atoms with van der Waals surface area (Å²) in [5.74, 6) is 0.746. The second-order valence-corrected chi connectivity index (χ2v) is 8.61. The van der Waals surface area contributed by atoms with Crippen LogP contribution in [0.2, 0.25) is 0 Å². The first kappa shape index (κ1) is 20.5. The van der Waals surface area contributed by atoms with E-state index in [1.54, 1.807) is 0 Å². The van der Waals surface area contributed by atoms with Crippen LogP contribution in [0.3, 0.4) is 0 Å². The van der Waals surface area contributed by atoms with Gasteiger partial charge >= 0.3 is 0 Å². The lowest BCUT2D eigenvalue weighted by Gasteiger charge is -2.34. The molecule has 0 bridgehead atoms. The summed E-state index contributed by atoms with van der Waals surface area (Å²) in [5, 5.41) is 2.99. The topological polar surface area (TPSA) is 52.7 Å². The van der Waals surface area contributed by atoms with Crippen molar-refractivity contribution in [2.24, 2.45) is 5.92 Å². The number of nitrogens with one attached hydrogen (secondary N) is 1. The van der Waals surface area contributed by atoms with E-state index in [0.29, 0.717) is 17.7 Å². The van der Waals surface area contributed by atoms with Crippen LogP contribution in [0.5, 0.6) is 0 Å². The third kappa shape index (κ3) is 4.84. The van der Waals surface area contributed by atoms with E-state index >= 15 is 0 Å². The second kappa shape index (κ2) is 9.33. The maximum absolute atomic E-state index is 13.3. The normalized spacial score (nSPS) is 17.2. The van der Waals surface area contributed by atoms with E-state index < -0.39 is 0 Å². The molecule has 5 nitrogen and oxygen atoms in total. The van der Waals surface area contributed by atoms with Gasteiger partial charge in [-0.1, -0.05) is 37.3 Å². The van der Waals surface area contributed by atoms with Gasteiger partial charge < -0.3 is 15.1 Å². The molecular formula is C25H31N3O2. The van der Waals surface area contributed by atoms with E-state index in [0.717, 1.165) is 69.0 Å². The van der Waals surface area contributed by atoms with Crippen LogP contribution in [0.15, 0.2) is 48.5 Å². The highest BCUT2D eigenvalue weighted by molar-refractivity contribution is 6.02. The Balaban J connectivity index is 1.55. The number of nitrogens with zero attached hydrogens (tertiary/aromatic N) is 2. The average Bonchev–Trinajstić information content (AvgIpc) is 3.29. The van der Waals surface area contributed by atoms with Gasteiger partial charge in [0.25, 0.3) is 5.91 Å². The average molecular weight is 406 g/mol. The minimum Gasteiger partial charge on any atom is -0.371 e. The molecule has 2 heterocycles. The molecule has 0 aliphatic carbocycles. The Morgan fingerprint density at radius 1 is 0.967 bits per heavy atom. The van der Waals surface area contributed by atoms with Crippen molar-refractivity contribution in [2.45, 2.75) is 39.0 Å². The molecule has 0 atom stereocenters. The zero-order valence-electron chi connectivity index (χ0n) is 17.8. The number of hydrogen-bond acceptors (Lipinski definition) is 3. The molecule has 2 fully saturated rings. The Bertz CT molecular complexity index is 883. The van der Waals surface area contributed by atoms with Gasteiger partial charge in [0.05, 0.1) is 12.0 Å². The quantitative estimate of drug-likeness (QED) is 0.805. The Hall–Kier alpha value is -2.82. The number of amides is 2. The Labute approximate surface area is 179 Å². The Kier molecular flexibility index (Phi) is 6.36. The van der Waals surface area contributed by atoms with Gasteiger partial charge in [-0.15, -0.1) is 0 Å². The summed E-state index contributed by atoms with van der Waals surface area (Å²) in [6.07, 6.45) is 4.74. The van der Waals surface area contributed by atoms with Crippen molar-refractivity contribution >= 4 is 23.2 Å². The van der Waals surface area contributed by atoms with Gasteiger partial charge in [-0.2, -0.15) is 0 Å². The van der Waals surface area contributed by atoms with Crippen molar-refractivity contribution in [3.8, 4) is 0 Å². The molecule has 0 aromatic heterocycles. The molecule has 158 valence electrons. The van der Waals surface area contributed by atoms with Crippen LogP contribution in [0.4, 0.5) is 11.4 Å². The van der Waals surface area contributed by atoms with Gasteiger partial charge in [0.15, 0.2) is 0 Å². The van der Waals surface area contributed by atoms with E-state index in [1.807, 2.05) is 53.4 Å². The minimum absolute atomic E-state index is 0.0691. The number of hydrogen-bond donors (Lipinski definition) is 1. The van der Waals surface area contributed by atoms with Crippen molar-refractivity contribution in [3.05, 3.63) is 59.7 Å². The molecular weight excluding hydrogens is 374 g/mol. The van der Waals surface area contributed by atoms with E-state index in [1.165, 1.54) is 0 Å². The molecule has 0 radical (unpaired) electrons. The van der Waals surface area contributed by atoms with E-state index in [-0.39, 0.29) is 11.8 Å². The molecule has 0 spiro atoms. The largest absolute Gasteiger partial charge is 0.371 e. The maximum Gasteiger partial charge on any atom is 0.256 e. The summed E-state index contributed by atoms with van der Waals surface area (Å²) in [6, 6.07) is 15.5. The minimum atomic E-state index is -0.0691. The van der Waals surface area contributed by atoms with Crippen LogP contribution >= 0.6 is 0 Å². The highest BCUT2D eigenvalue weighted by Gasteiger charge is 2.26. The fourth-order valence-corrected chi connectivity index (χ4v) is 4.39. The number of piperidine rings is 1. The number of benzene rings is 2. The smallest absolute Gasteiger partial charge is 0.256 e. The highest BCUT2D eigenvalue weighted by Crippen LogP contribution is 2.30. The first-order chi connectivity index (χ1) is 14.6. The molecule has 1 N–H and O–H groups in total. The van der Waals surface area contributed by atoms with Crippen LogP contribution in [0, 0.1) is 5.92 Å². The summed E-state index contributed by atoms with van der Waals surface area (Å²) in [6.45, 7) is 5.88. The van der Waals surface area contributed by atoms with E-state index in [4.69, 9.17) is 0 Å². The first-order valence-electron chi connectivity index (χ1n) is 11.1. The second-order valence-electron chi connectivity index (χ2n) is 8.61. The fourth-order valence-electron chi connectivity index (χ4n) is 4.39. The zero-order valence-corrected chi connectivity index (χ0v) is 17.8. The number of rotatable bonds is 5. The molecule has 30 heavy (non-hydrogen) atoms. The number of carbonyl (C=O) groups is 2. The third-order valence-corrected chi connectivity index (χ3v) is 6.24. The lowest BCUT2D eigenvalue weighted by molar-refractivity contribution is -0.115. The molecule has 0 unspecified atom stereocenters. The van der Waals surface area contributed by atoms with Gasteiger partial charge in [0.2, 0.25) is 5.91 Å². The summed E-state index contributed by atoms with van der Waals surface area (Å²) in [4.78, 5) is 30.1. The van der Waals surface area contributed by atoms with Gasteiger partial charge in [-0.05, 0) is 55.4 Å². The van der Waals surface area contributed by atoms with Crippen LogP contribution < -0.4 is 10.2 Å². The zero-order chi connectivity index (χ0) is 20.9. The lowest BCUT2D eigenvalue weighted by Crippen LogP contribution is -2.35. The number of likely N-dealkylation sites (tertiary alicyclic amines) is 1. The predicted molar refractivity (Wildman–Crippen MR) is 121 cm³/mol. The van der Waals surface area contributed by atoms with Crippen molar-refractivity contribution in [1.82, 2.24) is 4.90 Å². The molecule has 0 saturated carbocycles.